The predicted molar refractivity (Wildman–Crippen MR) is 451 cm³/mol. The molecule has 0 bridgehead atoms. The Morgan fingerprint density at radius 3 is 1.80 bits per heavy atom. The molecule has 0 aliphatic carbocycles. The number of aromatic nitrogens is 14. The monoisotopic (exact) mass is 1610 g/mol. The first-order chi connectivity index (χ1) is 59.0. The van der Waals surface area contributed by atoms with E-state index in [0.717, 1.165) is 67.6 Å². The number of benzene rings is 5. The molecule has 0 radical (unpaired) electrons. The Labute approximate surface area is 692 Å². The van der Waals surface area contributed by atoms with Crippen LogP contribution in [0.15, 0.2) is 276 Å². The van der Waals surface area contributed by atoms with Gasteiger partial charge in [-0.25, -0.2) is 4.98 Å². The Morgan fingerprint density at radius 1 is 0.554 bits per heavy atom. The summed E-state index contributed by atoms with van der Waals surface area (Å²) in [6.07, 6.45) is 11.9. The Morgan fingerprint density at radius 2 is 1.17 bits per heavy atom. The summed E-state index contributed by atoms with van der Waals surface area (Å²) in [7, 11) is 1.63. The van der Waals surface area contributed by atoms with Gasteiger partial charge in [-0.3, -0.25) is 69.7 Å². The first-order valence-corrected chi connectivity index (χ1v) is 37.8. The number of nitrogens with one attached hydrogen (secondary N) is 7. The van der Waals surface area contributed by atoms with Gasteiger partial charge in [-0.05, 0) is 153 Å². The number of rotatable bonds is 22. The zero-order valence-corrected chi connectivity index (χ0v) is 65.5. The van der Waals surface area contributed by atoms with E-state index >= 15 is 0 Å². The Bertz CT molecular complexity index is 6140. The van der Waals surface area contributed by atoms with Crippen molar-refractivity contribution < 1.29 is 42.9 Å². The molecule has 121 heavy (non-hydrogen) atoms. The molecule has 4 amide bonds. The van der Waals surface area contributed by atoms with Gasteiger partial charge in [-0.2, -0.15) is 35.8 Å². The number of pyridine rings is 5. The van der Waals surface area contributed by atoms with Gasteiger partial charge in [0.2, 0.25) is 23.7 Å². The van der Waals surface area contributed by atoms with Crippen molar-refractivity contribution in [2.24, 2.45) is 20.4 Å². The highest BCUT2D eigenvalue weighted by atomic mass is 16.5. The standard InChI is InChI=1S/C19H17N5O2.C19H16N4O2.C17H14N6O2.C17H14N4O2.C16H15N5O/c1-26-14-5-6-16-13(10-14)7-9-24(16)12-18(25)22-17-11-21-19(23-17)15-4-2-3-8-20-15;1-13(25-19-8-3-2-6-14(19)12-20)18(24)11-15-10-17(23-22-15)16-7-4-5-9-21-16;1-11(25-13-6-4-5-12(9-13)10-18)16(24)21-17-20-15(22-23-17)14-7-2-3-8-19-14;22-17(15-9-11-5-1-2-7-14(11)23-15)19-16-10-13(20-21-16)12-6-3-4-8-18-12;1-11-5-7-12(8-6-11)10-14(22)18-16-19-15(20-21-16)13-4-2-3-9-17-13/h2-11H,12H2,1H3,(H,21,23)(H,22,25);2-9,13H,10-11H2,1H3;2-9,11H,1H3,(H2,20,21,22,23,24);1-8,15H,9-10H2,(H,19,21,22);2-9H,10H2,1H3,(H2,18,19,20,21,22). The maximum atomic E-state index is 12.4. The van der Waals surface area contributed by atoms with Crippen LogP contribution in [0.2, 0.25) is 0 Å². The number of carbonyl (C=O) groups is 5. The highest BCUT2D eigenvalue weighted by Crippen LogP contribution is 2.29. The third-order valence-corrected chi connectivity index (χ3v) is 18.0. The van der Waals surface area contributed by atoms with Gasteiger partial charge in [0, 0.05) is 60.9 Å². The number of imidazole rings is 1. The molecule has 3 atom stereocenters. The second kappa shape index (κ2) is 40.5. The van der Waals surface area contributed by atoms with Crippen LogP contribution in [-0.4, -0.2) is 148 Å². The van der Waals surface area contributed by atoms with Gasteiger partial charge in [-0.15, -0.1) is 15.3 Å². The van der Waals surface area contributed by atoms with Crippen LogP contribution in [0.5, 0.6) is 23.0 Å². The highest BCUT2D eigenvalue weighted by Gasteiger charge is 2.31. The summed E-state index contributed by atoms with van der Waals surface area (Å²) in [4.78, 5) is 98.0. The average Bonchev–Trinajstić information content (AvgIpc) is 1.69. The molecule has 3 aliphatic heterocycles. The van der Waals surface area contributed by atoms with Gasteiger partial charge < -0.3 is 39.1 Å². The van der Waals surface area contributed by atoms with Gasteiger partial charge in [-0.1, -0.05) is 96.6 Å². The SMILES string of the molecule is CC(Oc1cccc(C#N)c1)C(=O)Nc1n[nH]c(-c2ccccn2)n1.CC(Oc1ccccc1C#N)C(=O)CC1=NN=C(c2ccccn2)C1.COc1ccc2c(ccn2CC(=O)Nc2cnc(-c3ccccn3)[nH]2)c1.Cc1ccc(CC(=O)Nc2n[nH]c(-c3ccccn3)n2)cc1.O=C(NC1=NN=C(c2ccccn2)C1)C1Cc2ccccc2O1. The van der Waals surface area contributed by atoms with Crippen molar-refractivity contribution in [1.29, 1.82) is 10.5 Å². The minimum absolute atomic E-state index is 0.107. The van der Waals surface area contributed by atoms with Crippen LogP contribution < -0.4 is 40.2 Å². The number of methoxy groups -OCH3 is 1. The number of Topliss-reactive ketones (excluding diaryl/α,β-unsaturated/α-hetero) is 1. The number of anilines is 3. The fraction of sp³-hybridized carbons (Fsp3) is 0.148. The lowest BCUT2D eigenvalue weighted by Crippen LogP contribution is -2.40. The van der Waals surface area contributed by atoms with E-state index in [-0.39, 0.29) is 54.8 Å². The van der Waals surface area contributed by atoms with Crippen LogP contribution in [-0.2, 0) is 43.4 Å². The molecular formula is C88H76N24O9. The van der Waals surface area contributed by atoms with Gasteiger partial charge in [0.15, 0.2) is 41.6 Å². The van der Waals surface area contributed by atoms with E-state index in [1.54, 1.807) is 119 Å². The largest absolute Gasteiger partial charge is 0.497 e. The van der Waals surface area contributed by atoms with Crippen LogP contribution in [0.1, 0.15) is 72.3 Å². The summed E-state index contributed by atoms with van der Waals surface area (Å²) in [5.74, 6) is 4.41. The number of amides is 4. The topological polar surface area (TPSA) is 449 Å². The van der Waals surface area contributed by atoms with Crippen molar-refractivity contribution in [2.45, 2.75) is 77.7 Å². The fourth-order valence-corrected chi connectivity index (χ4v) is 11.9. The number of carbonyl (C=O) groups excluding carboxylic acids is 5. The highest BCUT2D eigenvalue weighted by molar-refractivity contribution is 6.19. The summed E-state index contributed by atoms with van der Waals surface area (Å²) in [6, 6.07) is 68.4. The van der Waals surface area contributed by atoms with E-state index in [1.165, 1.54) is 0 Å². The maximum absolute atomic E-state index is 12.4. The molecular weight excluding hydrogens is 1540 g/mol. The van der Waals surface area contributed by atoms with Gasteiger partial charge >= 0.3 is 0 Å². The molecule has 17 rings (SSSR count). The number of nitrogens with zero attached hydrogens (tertiary/aromatic N) is 17. The third kappa shape index (κ3) is 23.1. The minimum atomic E-state index is -0.786. The molecule has 33 nitrogen and oxygen atoms in total. The molecule has 0 spiro atoms. The average molecular weight is 1610 g/mol. The number of aryl methyl sites for hydroxylation is 1. The Hall–Kier alpha value is -16.7. The summed E-state index contributed by atoms with van der Waals surface area (Å²) in [5.41, 5.74) is 10.7. The first-order valence-electron chi connectivity index (χ1n) is 37.8. The summed E-state index contributed by atoms with van der Waals surface area (Å²) in [6.45, 7) is 5.48. The number of ether oxygens (including phenoxy) is 4. The lowest BCUT2D eigenvalue weighted by atomic mass is 10.0. The van der Waals surface area contributed by atoms with Crippen LogP contribution in [0.4, 0.5) is 17.7 Å². The number of H-pyrrole nitrogens is 3. The molecule has 9 aromatic heterocycles. The molecule has 33 heteroatoms. The molecule has 0 fully saturated rings. The molecule has 5 aromatic carbocycles. The number of hydrogen-bond donors (Lipinski definition) is 7. The van der Waals surface area contributed by atoms with Gasteiger partial charge in [0.1, 0.15) is 64.3 Å². The molecule has 602 valence electrons. The van der Waals surface area contributed by atoms with Crippen molar-refractivity contribution in [3.63, 3.8) is 0 Å². The van der Waals surface area contributed by atoms with Gasteiger partial charge in [0.05, 0.1) is 78.3 Å². The van der Waals surface area contributed by atoms with E-state index < -0.39 is 24.2 Å². The minimum Gasteiger partial charge on any atom is -0.497 e. The zero-order valence-electron chi connectivity index (χ0n) is 65.5. The molecule has 14 aromatic rings. The molecule has 3 aliphatic rings. The second-order valence-corrected chi connectivity index (χ2v) is 26.8. The number of aromatic amines is 3. The smallest absolute Gasteiger partial charge is 0.267 e. The second-order valence-electron chi connectivity index (χ2n) is 26.8. The number of fused-ring (bicyclic) bond motifs is 2. The molecule has 7 N–H and O–H groups in total. The number of hydrogen-bond acceptors (Lipinski definition) is 25. The lowest BCUT2D eigenvalue weighted by molar-refractivity contribution is -0.126. The quantitative estimate of drug-likeness (QED) is 0.0331. The van der Waals surface area contributed by atoms with E-state index in [1.807, 2.05) is 175 Å². The third-order valence-electron chi connectivity index (χ3n) is 18.0. The number of amidine groups is 1. The summed E-state index contributed by atoms with van der Waals surface area (Å²) in [5, 5.41) is 59.6. The van der Waals surface area contributed by atoms with Crippen LogP contribution in [0.25, 0.3) is 45.5 Å². The number of nitriles is 2. The van der Waals surface area contributed by atoms with Crippen LogP contribution >= 0.6 is 0 Å². The van der Waals surface area contributed by atoms with Crippen molar-refractivity contribution in [3.05, 3.63) is 295 Å². The molecule has 12 heterocycles. The normalized spacial score (nSPS) is 13.1. The zero-order chi connectivity index (χ0) is 84.2. The molecule has 0 saturated carbocycles. The van der Waals surface area contributed by atoms with E-state index in [0.29, 0.717) is 88.1 Å². The lowest BCUT2D eigenvalue weighted by Gasteiger charge is -2.14. The van der Waals surface area contributed by atoms with Crippen LogP contribution in [0, 0.1) is 29.6 Å². The van der Waals surface area contributed by atoms with E-state index in [2.05, 4.69) is 113 Å². The molecule has 0 saturated heterocycles. The van der Waals surface area contributed by atoms with Gasteiger partial charge in [0.25, 0.3) is 11.8 Å². The van der Waals surface area contributed by atoms with Crippen LogP contribution in [0.3, 0.4) is 0 Å². The predicted octanol–water partition coefficient (Wildman–Crippen LogP) is 12.2. The summed E-state index contributed by atoms with van der Waals surface area (Å²) >= 11 is 0. The Balaban J connectivity index is 0.000000131. The fourth-order valence-electron chi connectivity index (χ4n) is 11.9. The number of ketones is 1. The van der Waals surface area contributed by atoms with E-state index in [9.17, 15) is 24.0 Å². The van der Waals surface area contributed by atoms with E-state index in [4.69, 9.17) is 29.5 Å². The maximum Gasteiger partial charge on any atom is 0.267 e. The molecule has 3 unspecified atom stereocenters. The summed E-state index contributed by atoms with van der Waals surface area (Å²) < 4.78 is 24.0. The van der Waals surface area contributed by atoms with Crippen molar-refractivity contribution in [1.82, 2.24) is 75.1 Å². The van der Waals surface area contributed by atoms with Crippen molar-refractivity contribution in [2.75, 3.05) is 23.1 Å². The van der Waals surface area contributed by atoms with Crippen molar-refractivity contribution >= 4 is 81.0 Å². The van der Waals surface area contributed by atoms with Crippen molar-refractivity contribution in [3.8, 4) is 69.7 Å². The number of para-hydroxylation sites is 2. The Kier molecular flexibility index (Phi) is 27.6. The first kappa shape index (κ1) is 82.3.